The summed E-state index contributed by atoms with van der Waals surface area (Å²) in [4.78, 5) is 63.4. The first-order chi connectivity index (χ1) is 14.8. The Balaban J connectivity index is 1.82. The van der Waals surface area contributed by atoms with Gasteiger partial charge in [-0.1, -0.05) is 6.92 Å². The highest BCUT2D eigenvalue weighted by atomic mass is 32.2. The van der Waals surface area contributed by atoms with Crippen molar-refractivity contribution in [3.63, 3.8) is 0 Å². The van der Waals surface area contributed by atoms with Gasteiger partial charge in [0.15, 0.2) is 5.78 Å². The molecule has 5 atom stereocenters. The monoisotopic (exact) mass is 467 g/mol. The van der Waals surface area contributed by atoms with E-state index in [0.717, 1.165) is 0 Å². The second-order valence-electron chi connectivity index (χ2n) is 9.53. The molecular weight excluding hydrogens is 438 g/mol. The van der Waals surface area contributed by atoms with E-state index in [-0.39, 0.29) is 36.0 Å². The van der Waals surface area contributed by atoms with Gasteiger partial charge in [-0.15, -0.1) is 11.8 Å². The van der Waals surface area contributed by atoms with E-state index in [0.29, 0.717) is 11.3 Å². The molecule has 1 aliphatic carbocycles. The van der Waals surface area contributed by atoms with E-state index in [4.69, 9.17) is 9.47 Å². The number of esters is 2. The van der Waals surface area contributed by atoms with Gasteiger partial charge in [-0.3, -0.25) is 19.2 Å². The van der Waals surface area contributed by atoms with E-state index in [1.165, 1.54) is 23.6 Å². The minimum Gasteiger partial charge on any atom is -0.427 e. The molecule has 0 radical (unpaired) electrons. The van der Waals surface area contributed by atoms with Gasteiger partial charge < -0.3 is 19.5 Å². The Morgan fingerprint density at radius 3 is 2.44 bits per heavy atom. The smallest absolute Gasteiger partial charge is 0.358 e. The van der Waals surface area contributed by atoms with Crippen LogP contribution in [0.1, 0.15) is 53.9 Å². The van der Waals surface area contributed by atoms with Gasteiger partial charge in [0.05, 0.1) is 35.1 Å². The van der Waals surface area contributed by atoms with E-state index in [9.17, 15) is 29.1 Å². The SMILES string of the molecule is C[C@@H](O)[C@H]1C(=O)N2C(C(=O)OCOC(=O)C(C)(C)C)=C(S[C@H]3CCC(=O)CC3=O)[C@H](C)[C@H]12. The van der Waals surface area contributed by atoms with Crippen LogP contribution in [0.3, 0.4) is 0 Å². The van der Waals surface area contributed by atoms with Crippen LogP contribution >= 0.6 is 11.8 Å². The Morgan fingerprint density at radius 2 is 1.88 bits per heavy atom. The summed E-state index contributed by atoms with van der Waals surface area (Å²) in [6.45, 7) is 7.75. The first-order valence-corrected chi connectivity index (χ1v) is 11.5. The summed E-state index contributed by atoms with van der Waals surface area (Å²) in [6, 6.07) is -0.426. The number of carbonyl (C=O) groups excluding carboxylic acids is 5. The molecule has 0 aromatic heterocycles. The summed E-state index contributed by atoms with van der Waals surface area (Å²) in [6.07, 6.45) is -0.377. The normalized spacial score (nSPS) is 28.9. The Labute approximate surface area is 190 Å². The van der Waals surface area contributed by atoms with E-state index in [1.807, 2.05) is 6.92 Å². The fraction of sp³-hybridized carbons (Fsp3) is 0.682. The molecule has 2 fully saturated rings. The van der Waals surface area contributed by atoms with Crippen LogP contribution in [-0.4, -0.2) is 63.6 Å². The highest BCUT2D eigenvalue weighted by Gasteiger charge is 2.60. The average molecular weight is 468 g/mol. The number of carbonyl (C=O) groups is 5. The highest BCUT2D eigenvalue weighted by Crippen LogP contribution is 2.52. The number of fused-ring (bicyclic) bond motifs is 1. The number of nitrogens with zero attached hydrogens (tertiary/aromatic N) is 1. The molecule has 176 valence electrons. The first kappa shape index (κ1) is 24.4. The summed E-state index contributed by atoms with van der Waals surface area (Å²) in [7, 11) is 0. The number of hydrogen-bond acceptors (Lipinski definition) is 9. The maximum Gasteiger partial charge on any atom is 0.358 e. The lowest BCUT2D eigenvalue weighted by atomic mass is 9.79. The number of ether oxygens (including phenoxy) is 2. The molecule has 3 rings (SSSR count). The van der Waals surface area contributed by atoms with E-state index in [2.05, 4.69) is 0 Å². The number of thioether (sulfide) groups is 1. The molecule has 1 saturated heterocycles. The zero-order chi connectivity index (χ0) is 24.0. The number of aliphatic hydroxyl groups excluding tert-OH is 1. The summed E-state index contributed by atoms with van der Waals surface area (Å²) < 4.78 is 10.1. The van der Waals surface area contributed by atoms with E-state index < -0.39 is 53.4 Å². The van der Waals surface area contributed by atoms with Gasteiger partial charge in [0.1, 0.15) is 11.5 Å². The molecule has 0 aromatic rings. The molecule has 1 N–H and O–H groups in total. The molecule has 10 heteroatoms. The van der Waals surface area contributed by atoms with Crippen LogP contribution in [-0.2, 0) is 33.4 Å². The Hall–Kier alpha value is -2.20. The number of β-lactam (4-membered cyclic amide) rings is 1. The van der Waals surface area contributed by atoms with Crippen molar-refractivity contribution >= 4 is 41.2 Å². The lowest BCUT2D eigenvalue weighted by Crippen LogP contribution is -2.63. The van der Waals surface area contributed by atoms with Crippen molar-refractivity contribution < 1.29 is 38.6 Å². The van der Waals surface area contributed by atoms with Gasteiger partial charge >= 0.3 is 11.9 Å². The second-order valence-corrected chi connectivity index (χ2v) is 10.8. The van der Waals surface area contributed by atoms with Crippen molar-refractivity contribution in [1.82, 2.24) is 4.90 Å². The molecule has 0 aromatic carbocycles. The van der Waals surface area contributed by atoms with Crippen molar-refractivity contribution in [3.05, 3.63) is 10.6 Å². The molecule has 0 unspecified atom stereocenters. The fourth-order valence-corrected chi connectivity index (χ4v) is 5.62. The summed E-state index contributed by atoms with van der Waals surface area (Å²) in [5.41, 5.74) is -0.748. The summed E-state index contributed by atoms with van der Waals surface area (Å²) >= 11 is 1.18. The van der Waals surface area contributed by atoms with Crippen LogP contribution in [0.2, 0.25) is 0 Å². The predicted octanol–water partition coefficient (Wildman–Crippen LogP) is 1.57. The van der Waals surface area contributed by atoms with Crippen LogP contribution in [0.15, 0.2) is 10.6 Å². The Bertz CT molecular complexity index is 887. The quantitative estimate of drug-likeness (QED) is 0.268. The van der Waals surface area contributed by atoms with Gasteiger partial charge in [-0.25, -0.2) is 4.79 Å². The third-order valence-electron chi connectivity index (χ3n) is 5.98. The maximum absolute atomic E-state index is 12.9. The van der Waals surface area contributed by atoms with Gasteiger partial charge in [-0.2, -0.15) is 0 Å². The second kappa shape index (κ2) is 8.97. The fourth-order valence-electron chi connectivity index (χ4n) is 4.22. The van der Waals surface area contributed by atoms with Crippen molar-refractivity contribution in [1.29, 1.82) is 0 Å². The van der Waals surface area contributed by atoms with E-state index in [1.54, 1.807) is 20.8 Å². The van der Waals surface area contributed by atoms with Gasteiger partial charge in [0, 0.05) is 17.2 Å². The van der Waals surface area contributed by atoms with Crippen molar-refractivity contribution in [2.24, 2.45) is 17.3 Å². The number of aliphatic hydroxyl groups is 1. The van der Waals surface area contributed by atoms with Crippen LogP contribution in [0.25, 0.3) is 0 Å². The standard InChI is InChI=1S/C22H29NO8S/c1-10-16-15(11(2)24)19(27)23(16)17(20(28)30-9-31-21(29)22(3,4)5)18(10)32-14-7-6-12(25)8-13(14)26/h10-11,14-16,24H,6-9H2,1-5H3/t10-,11-,14+,15-,16-/m1/s1. The Morgan fingerprint density at radius 1 is 1.22 bits per heavy atom. The van der Waals surface area contributed by atoms with Gasteiger partial charge in [0.2, 0.25) is 12.7 Å². The molecular formula is C22H29NO8S. The number of ketones is 2. The highest BCUT2D eigenvalue weighted by molar-refractivity contribution is 8.04. The van der Waals surface area contributed by atoms with E-state index >= 15 is 0 Å². The van der Waals surface area contributed by atoms with Crippen molar-refractivity contribution in [2.45, 2.75) is 71.3 Å². The molecule has 0 bridgehead atoms. The van der Waals surface area contributed by atoms with Crippen LogP contribution in [0, 0.1) is 17.3 Å². The average Bonchev–Trinajstić information content (AvgIpc) is 2.91. The third kappa shape index (κ3) is 4.47. The zero-order valence-electron chi connectivity index (χ0n) is 18.9. The number of amides is 1. The largest absolute Gasteiger partial charge is 0.427 e. The van der Waals surface area contributed by atoms with Crippen molar-refractivity contribution in [2.75, 3.05) is 6.79 Å². The lowest BCUT2D eigenvalue weighted by molar-refractivity contribution is -0.175. The number of Topliss-reactive ketones (excluding diaryl/α,β-unsaturated/α-hetero) is 2. The third-order valence-corrected chi connectivity index (χ3v) is 7.58. The molecule has 2 aliphatic heterocycles. The molecule has 1 saturated carbocycles. The van der Waals surface area contributed by atoms with Crippen LogP contribution < -0.4 is 0 Å². The lowest BCUT2D eigenvalue weighted by Gasteiger charge is -2.46. The maximum atomic E-state index is 12.9. The molecule has 32 heavy (non-hydrogen) atoms. The minimum atomic E-state index is -0.894. The molecule has 0 spiro atoms. The van der Waals surface area contributed by atoms with Crippen molar-refractivity contribution in [3.8, 4) is 0 Å². The molecule has 3 aliphatic rings. The zero-order valence-corrected chi connectivity index (χ0v) is 19.7. The predicted molar refractivity (Wildman–Crippen MR) is 114 cm³/mol. The number of hydrogen-bond donors (Lipinski definition) is 1. The van der Waals surface area contributed by atoms with Crippen LogP contribution in [0.4, 0.5) is 0 Å². The first-order valence-electron chi connectivity index (χ1n) is 10.6. The Kier molecular flexibility index (Phi) is 6.86. The molecule has 9 nitrogen and oxygen atoms in total. The van der Waals surface area contributed by atoms with Gasteiger partial charge in [0.25, 0.3) is 0 Å². The number of rotatable bonds is 6. The molecule has 1 amide bonds. The topological polar surface area (TPSA) is 127 Å². The van der Waals surface area contributed by atoms with Crippen LogP contribution in [0.5, 0.6) is 0 Å². The summed E-state index contributed by atoms with van der Waals surface area (Å²) in [5.74, 6) is -3.04. The minimum absolute atomic E-state index is 0.0194. The summed E-state index contributed by atoms with van der Waals surface area (Å²) in [5, 5.41) is 9.56. The van der Waals surface area contributed by atoms with Gasteiger partial charge in [-0.05, 0) is 34.1 Å². The molecule has 2 heterocycles.